The average Bonchev–Trinajstić information content (AvgIpc) is 2.71. The van der Waals surface area contributed by atoms with Crippen molar-refractivity contribution < 1.29 is 9.53 Å². The molecule has 0 aromatic heterocycles. The van der Waals surface area contributed by atoms with Crippen LogP contribution in [-0.2, 0) is 9.53 Å². The second-order valence-electron chi connectivity index (χ2n) is 5.30. The van der Waals surface area contributed by atoms with E-state index in [1.165, 1.54) is 5.56 Å². The molecule has 1 fully saturated rings. The van der Waals surface area contributed by atoms with Crippen molar-refractivity contribution in [1.82, 2.24) is 10.2 Å². The zero-order valence-corrected chi connectivity index (χ0v) is 11.8. The highest BCUT2D eigenvalue weighted by atomic mass is 16.5. The lowest BCUT2D eigenvalue weighted by molar-refractivity contribution is -0.128. The van der Waals surface area contributed by atoms with Gasteiger partial charge in [0.2, 0.25) is 5.91 Å². The summed E-state index contributed by atoms with van der Waals surface area (Å²) in [5.74, 6) is 0.496. The monoisotopic (exact) mass is 262 g/mol. The topological polar surface area (TPSA) is 41.6 Å². The predicted octanol–water partition coefficient (Wildman–Crippen LogP) is 1.71. The maximum Gasteiger partial charge on any atom is 0.238 e. The first-order valence-electron chi connectivity index (χ1n) is 6.70. The van der Waals surface area contributed by atoms with Gasteiger partial charge in [0, 0.05) is 13.7 Å². The molecule has 1 aliphatic heterocycles. The van der Waals surface area contributed by atoms with E-state index in [-0.39, 0.29) is 12.1 Å². The molecule has 0 saturated carbocycles. The third kappa shape index (κ3) is 3.33. The van der Waals surface area contributed by atoms with Crippen molar-refractivity contribution in [3.05, 3.63) is 35.4 Å². The van der Waals surface area contributed by atoms with E-state index in [1.807, 2.05) is 11.0 Å². The summed E-state index contributed by atoms with van der Waals surface area (Å²) >= 11 is 0. The van der Waals surface area contributed by atoms with Crippen LogP contribution in [-0.4, -0.2) is 37.6 Å². The molecule has 0 aliphatic carbocycles. The number of hydrogen-bond donors (Lipinski definition) is 1. The van der Waals surface area contributed by atoms with E-state index in [4.69, 9.17) is 4.74 Å². The van der Waals surface area contributed by atoms with Crippen molar-refractivity contribution in [2.24, 2.45) is 5.92 Å². The van der Waals surface area contributed by atoms with Crippen molar-refractivity contribution in [2.75, 3.05) is 26.8 Å². The summed E-state index contributed by atoms with van der Waals surface area (Å²) in [5, 5.41) is 3.28. The normalized spacial score (nSPS) is 20.9. The SMILES string of the molecule is COCC(C)CN1C(=O)CNC1c1cccc(C)c1. The highest BCUT2D eigenvalue weighted by Gasteiger charge is 2.32. The van der Waals surface area contributed by atoms with Gasteiger partial charge in [0.25, 0.3) is 0 Å². The fraction of sp³-hybridized carbons (Fsp3) is 0.533. The molecule has 2 rings (SSSR count). The Kier molecular flexibility index (Phi) is 4.56. The number of carbonyl (C=O) groups is 1. The third-order valence-corrected chi connectivity index (χ3v) is 3.40. The number of benzene rings is 1. The van der Waals surface area contributed by atoms with Crippen LogP contribution in [0.1, 0.15) is 24.2 Å². The first kappa shape index (κ1) is 14.0. The van der Waals surface area contributed by atoms with Gasteiger partial charge in [-0.15, -0.1) is 0 Å². The van der Waals surface area contributed by atoms with Crippen molar-refractivity contribution >= 4 is 5.91 Å². The van der Waals surface area contributed by atoms with E-state index in [1.54, 1.807) is 7.11 Å². The number of rotatable bonds is 5. The largest absolute Gasteiger partial charge is 0.384 e. The van der Waals surface area contributed by atoms with E-state index in [0.29, 0.717) is 19.1 Å². The van der Waals surface area contributed by atoms with Gasteiger partial charge in [-0.05, 0) is 18.4 Å². The van der Waals surface area contributed by atoms with E-state index in [0.717, 1.165) is 12.1 Å². The molecule has 1 saturated heterocycles. The minimum atomic E-state index is -0.00768. The van der Waals surface area contributed by atoms with E-state index < -0.39 is 0 Å². The van der Waals surface area contributed by atoms with Gasteiger partial charge in [0.15, 0.2) is 0 Å². The van der Waals surface area contributed by atoms with Crippen LogP contribution in [0.2, 0.25) is 0 Å². The number of ether oxygens (including phenoxy) is 1. The Hall–Kier alpha value is -1.39. The van der Waals surface area contributed by atoms with Gasteiger partial charge in [0.1, 0.15) is 6.17 Å². The van der Waals surface area contributed by atoms with Crippen LogP contribution in [0.25, 0.3) is 0 Å². The Morgan fingerprint density at radius 3 is 3.00 bits per heavy atom. The van der Waals surface area contributed by atoms with Crippen LogP contribution in [0.4, 0.5) is 0 Å². The van der Waals surface area contributed by atoms with Crippen LogP contribution in [0, 0.1) is 12.8 Å². The summed E-state index contributed by atoms with van der Waals surface area (Å²) in [5.41, 5.74) is 2.36. The molecule has 19 heavy (non-hydrogen) atoms. The molecule has 2 unspecified atom stereocenters. The lowest BCUT2D eigenvalue weighted by Crippen LogP contribution is -2.35. The second kappa shape index (κ2) is 6.17. The molecule has 0 radical (unpaired) electrons. The number of nitrogens with zero attached hydrogens (tertiary/aromatic N) is 1. The lowest BCUT2D eigenvalue weighted by atomic mass is 10.1. The van der Waals surface area contributed by atoms with Gasteiger partial charge in [-0.1, -0.05) is 36.8 Å². The van der Waals surface area contributed by atoms with Gasteiger partial charge in [-0.3, -0.25) is 10.1 Å². The highest BCUT2D eigenvalue weighted by molar-refractivity contribution is 5.81. The van der Waals surface area contributed by atoms with E-state index in [9.17, 15) is 4.79 Å². The molecule has 104 valence electrons. The minimum Gasteiger partial charge on any atom is -0.384 e. The van der Waals surface area contributed by atoms with Crippen molar-refractivity contribution in [3.8, 4) is 0 Å². The molecule has 1 N–H and O–H groups in total. The van der Waals surface area contributed by atoms with Gasteiger partial charge >= 0.3 is 0 Å². The fourth-order valence-electron chi connectivity index (χ4n) is 2.56. The van der Waals surface area contributed by atoms with E-state index >= 15 is 0 Å². The Balaban J connectivity index is 2.13. The molecule has 4 heteroatoms. The van der Waals surface area contributed by atoms with Crippen molar-refractivity contribution in [2.45, 2.75) is 20.0 Å². The molecule has 0 bridgehead atoms. The molecular weight excluding hydrogens is 240 g/mol. The first-order valence-corrected chi connectivity index (χ1v) is 6.70. The van der Waals surface area contributed by atoms with Gasteiger partial charge in [0.05, 0.1) is 13.2 Å². The van der Waals surface area contributed by atoms with Crippen molar-refractivity contribution in [3.63, 3.8) is 0 Å². The molecule has 4 nitrogen and oxygen atoms in total. The maximum absolute atomic E-state index is 12.0. The standard InChI is InChI=1S/C15H22N2O2/c1-11-5-4-6-13(7-11)15-16-8-14(18)17(15)9-12(2)10-19-3/h4-7,12,15-16H,8-10H2,1-3H3. The molecule has 1 amide bonds. The molecule has 0 spiro atoms. The number of nitrogens with one attached hydrogen (secondary N) is 1. The third-order valence-electron chi connectivity index (χ3n) is 3.40. The zero-order chi connectivity index (χ0) is 13.8. The number of amides is 1. The summed E-state index contributed by atoms with van der Waals surface area (Å²) in [6, 6.07) is 8.30. The molecule has 2 atom stereocenters. The van der Waals surface area contributed by atoms with Crippen LogP contribution < -0.4 is 5.32 Å². The van der Waals surface area contributed by atoms with Gasteiger partial charge in [-0.25, -0.2) is 0 Å². The predicted molar refractivity (Wildman–Crippen MR) is 74.7 cm³/mol. The van der Waals surface area contributed by atoms with Gasteiger partial charge in [-0.2, -0.15) is 0 Å². The van der Waals surface area contributed by atoms with Gasteiger partial charge < -0.3 is 9.64 Å². The summed E-state index contributed by atoms with van der Waals surface area (Å²) in [6.07, 6.45) is -0.00768. The molecule has 1 heterocycles. The summed E-state index contributed by atoms with van der Waals surface area (Å²) < 4.78 is 5.15. The minimum absolute atomic E-state index is 0.00768. The lowest BCUT2D eigenvalue weighted by Gasteiger charge is -2.27. The molecular formula is C15H22N2O2. The summed E-state index contributed by atoms with van der Waals surface area (Å²) in [6.45, 7) is 5.97. The first-order chi connectivity index (χ1) is 9.11. The van der Waals surface area contributed by atoms with Crippen LogP contribution in [0.3, 0.4) is 0 Å². The quantitative estimate of drug-likeness (QED) is 0.878. The zero-order valence-electron chi connectivity index (χ0n) is 11.8. The summed E-state index contributed by atoms with van der Waals surface area (Å²) in [7, 11) is 1.69. The summed E-state index contributed by atoms with van der Waals surface area (Å²) in [4.78, 5) is 13.9. The Morgan fingerprint density at radius 1 is 1.53 bits per heavy atom. The van der Waals surface area contributed by atoms with Crippen LogP contribution in [0.5, 0.6) is 0 Å². The molecule has 1 aliphatic rings. The van der Waals surface area contributed by atoms with E-state index in [2.05, 4.69) is 37.4 Å². The Morgan fingerprint density at radius 2 is 2.32 bits per heavy atom. The smallest absolute Gasteiger partial charge is 0.238 e. The highest BCUT2D eigenvalue weighted by Crippen LogP contribution is 2.24. The number of methoxy groups -OCH3 is 1. The average molecular weight is 262 g/mol. The molecule has 1 aromatic rings. The number of aryl methyl sites for hydroxylation is 1. The number of hydrogen-bond acceptors (Lipinski definition) is 3. The number of carbonyl (C=O) groups excluding carboxylic acids is 1. The fourth-order valence-corrected chi connectivity index (χ4v) is 2.56. The molecule has 1 aromatic carbocycles. The Bertz CT molecular complexity index is 448. The Labute approximate surface area is 114 Å². The van der Waals surface area contributed by atoms with Crippen LogP contribution >= 0.6 is 0 Å². The van der Waals surface area contributed by atoms with Crippen molar-refractivity contribution in [1.29, 1.82) is 0 Å². The van der Waals surface area contributed by atoms with Crippen LogP contribution in [0.15, 0.2) is 24.3 Å². The second-order valence-corrected chi connectivity index (χ2v) is 5.30. The maximum atomic E-state index is 12.0.